The Morgan fingerprint density at radius 1 is 1.29 bits per heavy atom. The zero-order valence-electron chi connectivity index (χ0n) is 14.4. The monoisotopic (exact) mass is 325 g/mol. The highest BCUT2D eigenvalue weighted by Gasteiger charge is 2.21. The van der Waals surface area contributed by atoms with Crippen molar-refractivity contribution in [1.82, 2.24) is 4.90 Å². The average molecular weight is 325 g/mol. The minimum absolute atomic E-state index is 0.0709. The molecule has 1 aliphatic rings. The first-order valence-corrected chi connectivity index (χ1v) is 8.17. The molecule has 0 radical (unpaired) electrons. The van der Waals surface area contributed by atoms with Crippen molar-refractivity contribution in [3.8, 4) is 6.07 Å². The third-order valence-electron chi connectivity index (χ3n) is 4.10. The largest absolute Gasteiger partial charge is 0.376 e. The van der Waals surface area contributed by atoms with Crippen molar-refractivity contribution < 1.29 is 9.59 Å². The molecule has 0 spiro atoms. The summed E-state index contributed by atoms with van der Waals surface area (Å²) in [6.45, 7) is 7.53. The molecule has 2 rings (SSSR count). The van der Waals surface area contributed by atoms with Gasteiger partial charge in [0.1, 0.15) is 11.6 Å². The number of Topliss-reactive ketones (excluding diaryl/α,β-unsaturated/α-hetero) is 1. The summed E-state index contributed by atoms with van der Waals surface area (Å²) in [5.41, 5.74) is 1.10. The summed E-state index contributed by atoms with van der Waals surface area (Å²) in [5.74, 6) is 0.558. The molecule has 2 unspecified atom stereocenters. The number of nitriles is 1. The maximum atomic E-state index is 12.3. The quantitative estimate of drug-likeness (QED) is 0.524. The Morgan fingerprint density at radius 2 is 1.96 bits per heavy atom. The van der Waals surface area contributed by atoms with E-state index in [9.17, 15) is 14.9 Å². The van der Waals surface area contributed by atoms with E-state index in [1.165, 1.54) is 6.92 Å². The Bertz CT molecular complexity index is 693. The van der Waals surface area contributed by atoms with E-state index in [1.54, 1.807) is 30.5 Å². The number of anilines is 1. The lowest BCUT2D eigenvalue weighted by Gasteiger charge is -2.34. The second kappa shape index (κ2) is 7.78. The first-order chi connectivity index (χ1) is 11.4. The number of piperidine rings is 1. The SMILES string of the molecule is CC(=O)c1cccc(NC(=O)/C(C#N)=C\N2CC(C)CC(C)C2)c1. The van der Waals surface area contributed by atoms with Crippen molar-refractivity contribution in [3.63, 3.8) is 0 Å². The lowest BCUT2D eigenvalue weighted by molar-refractivity contribution is -0.112. The molecule has 126 valence electrons. The van der Waals surface area contributed by atoms with Gasteiger partial charge < -0.3 is 10.2 Å². The van der Waals surface area contributed by atoms with Gasteiger partial charge in [0.25, 0.3) is 5.91 Å². The van der Waals surface area contributed by atoms with E-state index in [0.717, 1.165) is 19.5 Å². The van der Waals surface area contributed by atoms with Crippen LogP contribution in [-0.2, 0) is 4.79 Å². The Labute approximate surface area is 143 Å². The minimum Gasteiger partial charge on any atom is -0.376 e. The highest BCUT2D eigenvalue weighted by molar-refractivity contribution is 6.07. The molecule has 0 bridgehead atoms. The maximum Gasteiger partial charge on any atom is 0.267 e. The van der Waals surface area contributed by atoms with Crippen LogP contribution in [0.4, 0.5) is 5.69 Å². The second-order valence-electron chi connectivity index (χ2n) is 6.65. The van der Waals surface area contributed by atoms with Gasteiger partial charge in [-0.25, -0.2) is 0 Å². The summed E-state index contributed by atoms with van der Waals surface area (Å²) < 4.78 is 0. The molecule has 1 aliphatic heterocycles. The van der Waals surface area contributed by atoms with Gasteiger partial charge in [-0.15, -0.1) is 0 Å². The van der Waals surface area contributed by atoms with Gasteiger partial charge in [0.05, 0.1) is 0 Å². The van der Waals surface area contributed by atoms with E-state index in [4.69, 9.17) is 0 Å². The topological polar surface area (TPSA) is 73.2 Å². The van der Waals surface area contributed by atoms with Gasteiger partial charge in [0, 0.05) is 30.5 Å². The average Bonchev–Trinajstić information content (AvgIpc) is 2.51. The number of hydrogen-bond acceptors (Lipinski definition) is 4. The van der Waals surface area contributed by atoms with E-state index in [2.05, 4.69) is 19.2 Å². The van der Waals surface area contributed by atoms with Crippen LogP contribution in [0.15, 0.2) is 36.0 Å². The molecule has 0 aromatic heterocycles. The molecule has 1 amide bonds. The van der Waals surface area contributed by atoms with Crippen LogP contribution >= 0.6 is 0 Å². The summed E-state index contributed by atoms with van der Waals surface area (Å²) in [6, 6.07) is 8.68. The summed E-state index contributed by atoms with van der Waals surface area (Å²) in [4.78, 5) is 25.8. The highest BCUT2D eigenvalue weighted by atomic mass is 16.1. The zero-order valence-corrected chi connectivity index (χ0v) is 14.4. The van der Waals surface area contributed by atoms with Gasteiger partial charge in [0.15, 0.2) is 5.78 Å². The second-order valence-corrected chi connectivity index (χ2v) is 6.65. The molecule has 0 saturated carbocycles. The number of ketones is 1. The third kappa shape index (κ3) is 4.69. The molecular weight excluding hydrogens is 302 g/mol. The van der Waals surface area contributed by atoms with Gasteiger partial charge in [-0.1, -0.05) is 26.0 Å². The number of likely N-dealkylation sites (tertiary alicyclic amines) is 1. The first-order valence-electron chi connectivity index (χ1n) is 8.17. The van der Waals surface area contributed by atoms with Gasteiger partial charge in [-0.3, -0.25) is 9.59 Å². The highest BCUT2D eigenvalue weighted by Crippen LogP contribution is 2.22. The van der Waals surface area contributed by atoms with Gasteiger partial charge in [-0.2, -0.15) is 5.26 Å². The molecular formula is C19H23N3O2. The van der Waals surface area contributed by atoms with Crippen molar-refractivity contribution in [2.75, 3.05) is 18.4 Å². The number of carbonyl (C=O) groups excluding carboxylic acids is 2. The maximum absolute atomic E-state index is 12.3. The Balaban J connectivity index is 2.11. The molecule has 1 N–H and O–H groups in total. The van der Waals surface area contributed by atoms with Crippen LogP contribution < -0.4 is 5.32 Å². The standard InChI is InChI=1S/C19H23N3O2/c1-13-7-14(2)11-22(10-13)12-17(9-20)19(24)21-18-6-4-5-16(8-18)15(3)23/h4-6,8,12-14H,7,10-11H2,1-3H3,(H,21,24)/b17-12-. The molecule has 1 aromatic carbocycles. The fraction of sp³-hybridized carbons (Fsp3) is 0.421. The Hall–Kier alpha value is -2.61. The molecule has 0 aliphatic carbocycles. The number of amides is 1. The summed E-state index contributed by atoms with van der Waals surface area (Å²) in [5, 5.41) is 12.0. The van der Waals surface area contributed by atoms with Crippen molar-refractivity contribution in [2.45, 2.75) is 27.2 Å². The van der Waals surface area contributed by atoms with Crippen LogP contribution in [0.25, 0.3) is 0 Å². The van der Waals surface area contributed by atoms with Crippen molar-refractivity contribution in [1.29, 1.82) is 5.26 Å². The van der Waals surface area contributed by atoms with E-state index in [-0.39, 0.29) is 11.4 Å². The van der Waals surface area contributed by atoms with Crippen LogP contribution in [0.5, 0.6) is 0 Å². The van der Waals surface area contributed by atoms with E-state index in [0.29, 0.717) is 23.1 Å². The lowest BCUT2D eigenvalue weighted by Crippen LogP contribution is -2.35. The zero-order chi connectivity index (χ0) is 17.7. The van der Waals surface area contributed by atoms with Crippen molar-refractivity contribution in [3.05, 3.63) is 41.6 Å². The minimum atomic E-state index is -0.455. The van der Waals surface area contributed by atoms with Gasteiger partial charge in [-0.05, 0) is 37.3 Å². The summed E-state index contributed by atoms with van der Waals surface area (Å²) in [7, 11) is 0. The first kappa shape index (κ1) is 17.7. The van der Waals surface area contributed by atoms with Crippen LogP contribution in [0.1, 0.15) is 37.6 Å². The Morgan fingerprint density at radius 3 is 2.54 bits per heavy atom. The van der Waals surface area contributed by atoms with Crippen molar-refractivity contribution in [2.24, 2.45) is 11.8 Å². The normalized spacial score (nSPS) is 21.1. The smallest absolute Gasteiger partial charge is 0.267 e. The fourth-order valence-corrected chi connectivity index (χ4v) is 3.15. The van der Waals surface area contributed by atoms with Crippen LogP contribution in [0.3, 0.4) is 0 Å². The summed E-state index contributed by atoms with van der Waals surface area (Å²) in [6.07, 6.45) is 2.81. The van der Waals surface area contributed by atoms with Crippen LogP contribution in [0, 0.1) is 23.2 Å². The third-order valence-corrected chi connectivity index (χ3v) is 4.10. The number of nitrogens with one attached hydrogen (secondary N) is 1. The predicted molar refractivity (Wildman–Crippen MR) is 93.3 cm³/mol. The molecule has 1 aromatic rings. The molecule has 1 fully saturated rings. The number of benzene rings is 1. The Kier molecular flexibility index (Phi) is 5.75. The predicted octanol–water partition coefficient (Wildman–Crippen LogP) is 3.21. The molecule has 24 heavy (non-hydrogen) atoms. The van der Waals surface area contributed by atoms with Crippen molar-refractivity contribution >= 4 is 17.4 Å². The fourth-order valence-electron chi connectivity index (χ4n) is 3.15. The number of rotatable bonds is 4. The number of carbonyl (C=O) groups is 2. The molecule has 5 heteroatoms. The van der Waals surface area contributed by atoms with Gasteiger partial charge >= 0.3 is 0 Å². The van der Waals surface area contributed by atoms with Gasteiger partial charge in [0.2, 0.25) is 0 Å². The summed E-state index contributed by atoms with van der Waals surface area (Å²) >= 11 is 0. The van der Waals surface area contributed by atoms with E-state index < -0.39 is 5.91 Å². The molecule has 5 nitrogen and oxygen atoms in total. The molecule has 1 heterocycles. The van der Waals surface area contributed by atoms with E-state index in [1.807, 2.05) is 11.0 Å². The lowest BCUT2D eigenvalue weighted by atomic mass is 9.92. The molecule has 1 saturated heterocycles. The van der Waals surface area contributed by atoms with Crippen LogP contribution in [-0.4, -0.2) is 29.7 Å². The molecule has 2 atom stereocenters. The van der Waals surface area contributed by atoms with E-state index >= 15 is 0 Å². The number of hydrogen-bond donors (Lipinski definition) is 1. The van der Waals surface area contributed by atoms with Crippen LogP contribution in [0.2, 0.25) is 0 Å². The number of nitrogens with zero attached hydrogens (tertiary/aromatic N) is 2.